The van der Waals surface area contributed by atoms with Crippen molar-refractivity contribution in [1.82, 2.24) is 0 Å². The Morgan fingerprint density at radius 2 is 1.47 bits per heavy atom. The van der Waals surface area contributed by atoms with Crippen LogP contribution in [0.3, 0.4) is 0 Å². The number of benzene rings is 1. The third-order valence-corrected chi connectivity index (χ3v) is 1.79. The lowest BCUT2D eigenvalue weighted by Gasteiger charge is -2.03. The standard InChI is InChI=1S/C9H11FO.2C2H6/c1-6-3-7(2)9(10)4-8(6)5-11;2*1-2/h3-4,11H,5H2,1-2H3;2*1-2H3. The molecule has 0 spiro atoms. The van der Waals surface area contributed by atoms with E-state index in [0.29, 0.717) is 11.1 Å². The van der Waals surface area contributed by atoms with Crippen molar-refractivity contribution in [3.8, 4) is 0 Å². The third kappa shape index (κ3) is 5.53. The molecular formula is C13H23FO. The van der Waals surface area contributed by atoms with Crippen molar-refractivity contribution in [2.75, 3.05) is 0 Å². The number of hydrogen-bond acceptors (Lipinski definition) is 1. The molecule has 88 valence electrons. The van der Waals surface area contributed by atoms with Crippen LogP contribution < -0.4 is 0 Å². The zero-order valence-electron chi connectivity index (χ0n) is 10.7. The number of aryl methyl sites for hydroxylation is 2. The van der Waals surface area contributed by atoms with Crippen LogP contribution in [0.25, 0.3) is 0 Å². The number of aliphatic hydroxyl groups excluding tert-OH is 1. The third-order valence-electron chi connectivity index (χ3n) is 1.79. The van der Waals surface area contributed by atoms with Gasteiger partial charge in [-0.3, -0.25) is 0 Å². The molecule has 0 amide bonds. The summed E-state index contributed by atoms with van der Waals surface area (Å²) in [5, 5.41) is 8.77. The molecule has 1 nitrogen and oxygen atoms in total. The highest BCUT2D eigenvalue weighted by atomic mass is 19.1. The topological polar surface area (TPSA) is 20.2 Å². The first kappa shape index (κ1) is 16.5. The van der Waals surface area contributed by atoms with Gasteiger partial charge in [0.05, 0.1) is 6.61 Å². The van der Waals surface area contributed by atoms with E-state index >= 15 is 0 Å². The summed E-state index contributed by atoms with van der Waals surface area (Å²) in [4.78, 5) is 0. The molecule has 0 atom stereocenters. The van der Waals surface area contributed by atoms with E-state index in [0.717, 1.165) is 5.56 Å². The summed E-state index contributed by atoms with van der Waals surface area (Å²) in [5.41, 5.74) is 2.22. The second-order valence-corrected chi connectivity index (χ2v) is 2.69. The largest absolute Gasteiger partial charge is 0.392 e. The van der Waals surface area contributed by atoms with Crippen molar-refractivity contribution in [3.05, 3.63) is 34.6 Å². The van der Waals surface area contributed by atoms with Gasteiger partial charge in [-0.2, -0.15) is 0 Å². The van der Waals surface area contributed by atoms with Gasteiger partial charge in [0.1, 0.15) is 5.82 Å². The van der Waals surface area contributed by atoms with Gasteiger partial charge in [-0.05, 0) is 36.6 Å². The van der Waals surface area contributed by atoms with Gasteiger partial charge in [0, 0.05) is 0 Å². The molecule has 0 unspecified atom stereocenters. The first-order valence-corrected chi connectivity index (χ1v) is 5.51. The van der Waals surface area contributed by atoms with Gasteiger partial charge < -0.3 is 5.11 Å². The van der Waals surface area contributed by atoms with E-state index in [1.54, 1.807) is 13.0 Å². The molecule has 1 rings (SSSR count). The van der Waals surface area contributed by atoms with Crippen LogP contribution in [0.5, 0.6) is 0 Å². The summed E-state index contributed by atoms with van der Waals surface area (Å²) < 4.78 is 12.8. The molecule has 0 saturated carbocycles. The zero-order chi connectivity index (χ0) is 12.4. The van der Waals surface area contributed by atoms with Gasteiger partial charge in [0.2, 0.25) is 0 Å². The lowest BCUT2D eigenvalue weighted by Crippen LogP contribution is -1.92. The van der Waals surface area contributed by atoms with E-state index < -0.39 is 0 Å². The van der Waals surface area contributed by atoms with Gasteiger partial charge in [-0.15, -0.1) is 0 Å². The fourth-order valence-electron chi connectivity index (χ4n) is 1.04. The van der Waals surface area contributed by atoms with Crippen LogP contribution in [0.15, 0.2) is 12.1 Å². The fourth-order valence-corrected chi connectivity index (χ4v) is 1.04. The van der Waals surface area contributed by atoms with E-state index in [2.05, 4.69) is 0 Å². The average molecular weight is 214 g/mol. The highest BCUT2D eigenvalue weighted by Gasteiger charge is 2.01. The molecule has 0 aliphatic carbocycles. The normalized spacial score (nSPS) is 8.27. The lowest BCUT2D eigenvalue weighted by atomic mass is 10.1. The van der Waals surface area contributed by atoms with Gasteiger partial charge in [-0.1, -0.05) is 33.8 Å². The van der Waals surface area contributed by atoms with Crippen molar-refractivity contribution in [3.63, 3.8) is 0 Å². The van der Waals surface area contributed by atoms with Gasteiger partial charge in [-0.25, -0.2) is 4.39 Å². The fraction of sp³-hybridized carbons (Fsp3) is 0.538. The molecule has 0 saturated heterocycles. The van der Waals surface area contributed by atoms with E-state index in [1.165, 1.54) is 6.07 Å². The molecule has 0 radical (unpaired) electrons. The lowest BCUT2D eigenvalue weighted by molar-refractivity contribution is 0.280. The molecular weight excluding hydrogens is 191 g/mol. The minimum absolute atomic E-state index is 0.0942. The molecule has 0 aromatic heterocycles. The van der Waals surface area contributed by atoms with Crippen LogP contribution in [0.2, 0.25) is 0 Å². The summed E-state index contributed by atoms with van der Waals surface area (Å²) in [5.74, 6) is -0.250. The van der Waals surface area contributed by atoms with Crippen molar-refractivity contribution >= 4 is 0 Å². The summed E-state index contributed by atoms with van der Waals surface area (Å²) in [6.07, 6.45) is 0. The van der Waals surface area contributed by atoms with Crippen LogP contribution in [0.4, 0.5) is 4.39 Å². The Kier molecular flexibility index (Phi) is 10.6. The average Bonchev–Trinajstić information content (AvgIpc) is 2.29. The van der Waals surface area contributed by atoms with Crippen LogP contribution in [0.1, 0.15) is 44.4 Å². The molecule has 0 aliphatic rings. The molecule has 0 bridgehead atoms. The monoisotopic (exact) mass is 214 g/mol. The molecule has 1 aromatic rings. The van der Waals surface area contributed by atoms with Gasteiger partial charge in [0.15, 0.2) is 0 Å². The number of halogens is 1. The number of rotatable bonds is 1. The van der Waals surface area contributed by atoms with E-state index in [1.807, 2.05) is 34.6 Å². The number of hydrogen-bond donors (Lipinski definition) is 1. The van der Waals surface area contributed by atoms with Crippen molar-refractivity contribution < 1.29 is 9.50 Å². The molecule has 1 aromatic carbocycles. The summed E-state index contributed by atoms with van der Waals surface area (Å²) in [6.45, 7) is 11.5. The van der Waals surface area contributed by atoms with Crippen molar-refractivity contribution in [2.24, 2.45) is 0 Å². The quantitative estimate of drug-likeness (QED) is 0.749. The summed E-state index contributed by atoms with van der Waals surface area (Å²) in [6, 6.07) is 3.12. The number of aliphatic hydroxyl groups is 1. The molecule has 1 N–H and O–H groups in total. The zero-order valence-corrected chi connectivity index (χ0v) is 10.7. The Hall–Kier alpha value is -0.890. The van der Waals surface area contributed by atoms with Crippen molar-refractivity contribution in [2.45, 2.75) is 48.1 Å². The second kappa shape index (κ2) is 9.66. The molecule has 0 aliphatic heterocycles. The smallest absolute Gasteiger partial charge is 0.126 e. The molecule has 2 heteroatoms. The maximum atomic E-state index is 12.8. The Bertz CT molecular complexity index is 269. The summed E-state index contributed by atoms with van der Waals surface area (Å²) in [7, 11) is 0. The second-order valence-electron chi connectivity index (χ2n) is 2.69. The predicted molar refractivity (Wildman–Crippen MR) is 64.5 cm³/mol. The maximum Gasteiger partial charge on any atom is 0.126 e. The van der Waals surface area contributed by atoms with Gasteiger partial charge >= 0.3 is 0 Å². The maximum absolute atomic E-state index is 12.8. The minimum Gasteiger partial charge on any atom is -0.392 e. The SMILES string of the molecule is CC.CC.Cc1cc(C)c(CO)cc1F. The Balaban J connectivity index is 0. The molecule has 0 fully saturated rings. The highest BCUT2D eigenvalue weighted by Crippen LogP contribution is 2.14. The van der Waals surface area contributed by atoms with Crippen LogP contribution >= 0.6 is 0 Å². The van der Waals surface area contributed by atoms with E-state index in [-0.39, 0.29) is 12.4 Å². The predicted octanol–water partition coefficient (Wildman–Crippen LogP) is 3.99. The van der Waals surface area contributed by atoms with Crippen LogP contribution in [-0.4, -0.2) is 5.11 Å². The van der Waals surface area contributed by atoms with E-state index in [4.69, 9.17) is 5.11 Å². The minimum atomic E-state index is -0.250. The first-order valence-electron chi connectivity index (χ1n) is 5.51. The summed E-state index contributed by atoms with van der Waals surface area (Å²) >= 11 is 0. The first-order chi connectivity index (χ1) is 7.15. The molecule has 15 heavy (non-hydrogen) atoms. The van der Waals surface area contributed by atoms with Crippen LogP contribution in [0, 0.1) is 19.7 Å². The highest BCUT2D eigenvalue weighted by molar-refractivity contribution is 5.30. The molecule has 0 heterocycles. The van der Waals surface area contributed by atoms with E-state index in [9.17, 15) is 4.39 Å². The Labute approximate surface area is 93.0 Å². The Morgan fingerprint density at radius 1 is 1.00 bits per heavy atom. The van der Waals surface area contributed by atoms with Crippen molar-refractivity contribution in [1.29, 1.82) is 0 Å². The van der Waals surface area contributed by atoms with Gasteiger partial charge in [0.25, 0.3) is 0 Å². The van der Waals surface area contributed by atoms with Crippen LogP contribution in [-0.2, 0) is 6.61 Å². The Morgan fingerprint density at radius 3 is 1.87 bits per heavy atom.